The van der Waals surface area contributed by atoms with Gasteiger partial charge in [-0.25, -0.2) is 0 Å². The number of fused-ring (bicyclic) bond motifs is 2. The third kappa shape index (κ3) is 4.32. The standard InChI is InChI=1S/C20H32O2P2/c1-13(2)21-19(18-12-14-5-6-16(18)11-14)22-17-9-7-15(8-10-17)20(23-3)24-4/h7-10,13-14,16,18-20,23-24H,5-6,11-12H2,1-4H3. The molecule has 1 aromatic rings. The van der Waals surface area contributed by atoms with E-state index in [2.05, 4.69) is 51.4 Å². The van der Waals surface area contributed by atoms with Gasteiger partial charge in [0.1, 0.15) is 5.75 Å². The molecule has 2 nitrogen and oxygen atoms in total. The second-order valence-electron chi connectivity index (χ2n) is 7.59. The Hall–Kier alpha value is -0.160. The van der Waals surface area contributed by atoms with E-state index in [-0.39, 0.29) is 12.4 Å². The highest BCUT2D eigenvalue weighted by Gasteiger charge is 2.44. The largest absolute Gasteiger partial charge is 0.465 e. The van der Waals surface area contributed by atoms with Crippen molar-refractivity contribution < 1.29 is 9.47 Å². The number of hydrogen-bond acceptors (Lipinski definition) is 2. The lowest BCUT2D eigenvalue weighted by Crippen LogP contribution is -2.35. The fourth-order valence-corrected chi connectivity index (χ4v) is 6.67. The van der Waals surface area contributed by atoms with Gasteiger partial charge in [0.25, 0.3) is 0 Å². The molecule has 0 aromatic heterocycles. The summed E-state index contributed by atoms with van der Waals surface area (Å²) in [7, 11) is 1.94. The molecule has 0 aliphatic heterocycles. The van der Waals surface area contributed by atoms with Crippen molar-refractivity contribution in [2.75, 3.05) is 13.3 Å². The average Bonchev–Trinajstić information content (AvgIpc) is 3.19. The predicted octanol–water partition coefficient (Wildman–Crippen LogP) is 5.87. The first kappa shape index (κ1) is 18.6. The first-order chi connectivity index (χ1) is 11.6. The second kappa shape index (κ2) is 8.48. The topological polar surface area (TPSA) is 18.5 Å². The molecular weight excluding hydrogens is 334 g/mol. The molecule has 6 atom stereocenters. The van der Waals surface area contributed by atoms with Gasteiger partial charge in [0.2, 0.25) is 6.29 Å². The minimum atomic E-state index is -0.0805. The van der Waals surface area contributed by atoms with Gasteiger partial charge in [-0.15, -0.1) is 17.2 Å². The number of benzene rings is 1. The molecule has 0 radical (unpaired) electrons. The third-order valence-electron chi connectivity index (χ3n) is 5.59. The van der Waals surface area contributed by atoms with Crippen molar-refractivity contribution in [3.63, 3.8) is 0 Å². The van der Waals surface area contributed by atoms with Crippen LogP contribution in [0.4, 0.5) is 0 Å². The summed E-state index contributed by atoms with van der Waals surface area (Å²) in [6, 6.07) is 8.79. The van der Waals surface area contributed by atoms with Crippen molar-refractivity contribution in [3.05, 3.63) is 29.8 Å². The zero-order valence-corrected chi connectivity index (χ0v) is 17.4. The van der Waals surface area contributed by atoms with E-state index in [0.29, 0.717) is 11.3 Å². The van der Waals surface area contributed by atoms with Crippen LogP contribution < -0.4 is 4.74 Å². The van der Waals surface area contributed by atoms with E-state index in [0.717, 1.165) is 34.7 Å². The van der Waals surface area contributed by atoms with Crippen molar-refractivity contribution in [2.24, 2.45) is 17.8 Å². The fourth-order valence-electron chi connectivity index (χ4n) is 4.46. The molecule has 0 spiro atoms. The molecule has 0 saturated heterocycles. The van der Waals surface area contributed by atoms with Crippen LogP contribution in [0.25, 0.3) is 0 Å². The second-order valence-corrected chi connectivity index (χ2v) is 10.5. The molecule has 24 heavy (non-hydrogen) atoms. The van der Waals surface area contributed by atoms with Crippen LogP contribution in [0, 0.1) is 17.8 Å². The summed E-state index contributed by atoms with van der Waals surface area (Å²) in [6.07, 6.45) is 5.59. The maximum Gasteiger partial charge on any atom is 0.203 e. The molecule has 6 unspecified atom stereocenters. The van der Waals surface area contributed by atoms with E-state index in [1.807, 2.05) is 0 Å². The summed E-state index contributed by atoms with van der Waals surface area (Å²) in [5.74, 6) is 3.27. The molecule has 2 bridgehead atoms. The highest BCUT2D eigenvalue weighted by Crippen LogP contribution is 2.50. The minimum absolute atomic E-state index is 0.0805. The lowest BCUT2D eigenvalue weighted by Gasteiger charge is -2.32. The molecule has 2 aliphatic carbocycles. The Labute approximate surface area is 151 Å². The van der Waals surface area contributed by atoms with Crippen LogP contribution in [-0.2, 0) is 4.74 Å². The Morgan fingerprint density at radius 3 is 2.21 bits per heavy atom. The molecule has 2 fully saturated rings. The maximum atomic E-state index is 6.35. The third-order valence-corrected chi connectivity index (χ3v) is 9.15. The van der Waals surface area contributed by atoms with E-state index < -0.39 is 0 Å². The quantitative estimate of drug-likeness (QED) is 0.423. The first-order valence-electron chi connectivity index (χ1n) is 9.37. The number of hydrogen-bond donors (Lipinski definition) is 0. The first-order valence-corrected chi connectivity index (χ1v) is 12.5. The summed E-state index contributed by atoms with van der Waals surface area (Å²) in [5.41, 5.74) is 1.45. The summed E-state index contributed by atoms with van der Waals surface area (Å²) >= 11 is 0. The number of rotatable bonds is 8. The Morgan fingerprint density at radius 1 is 1.00 bits per heavy atom. The Bertz CT molecular complexity index is 513. The van der Waals surface area contributed by atoms with Crippen LogP contribution in [0.1, 0.15) is 50.5 Å². The maximum absolute atomic E-state index is 6.35. The fraction of sp³-hybridized carbons (Fsp3) is 0.700. The summed E-state index contributed by atoms with van der Waals surface area (Å²) in [4.78, 5) is 0. The van der Waals surface area contributed by atoms with Crippen molar-refractivity contribution in [2.45, 2.75) is 57.3 Å². The highest BCUT2D eigenvalue weighted by molar-refractivity contribution is 7.56. The zero-order valence-electron chi connectivity index (χ0n) is 15.4. The van der Waals surface area contributed by atoms with Crippen molar-refractivity contribution in [3.8, 4) is 5.75 Å². The number of ether oxygens (including phenoxy) is 2. The van der Waals surface area contributed by atoms with Gasteiger partial charge in [0.05, 0.1) is 6.10 Å². The zero-order chi connectivity index (χ0) is 17.1. The molecule has 4 heteroatoms. The van der Waals surface area contributed by atoms with E-state index in [9.17, 15) is 0 Å². The van der Waals surface area contributed by atoms with E-state index in [1.165, 1.54) is 31.2 Å². The SMILES string of the molecule is CPC(PC)c1ccc(OC(OC(C)C)C2CC3CCC2C3)cc1. The molecule has 2 saturated carbocycles. The van der Waals surface area contributed by atoms with Gasteiger partial charge in [-0.2, -0.15) is 0 Å². The highest BCUT2D eigenvalue weighted by atomic mass is 31.1. The van der Waals surface area contributed by atoms with E-state index in [1.54, 1.807) is 0 Å². The molecule has 3 rings (SSSR count). The van der Waals surface area contributed by atoms with E-state index >= 15 is 0 Å². The molecule has 1 aromatic carbocycles. The van der Waals surface area contributed by atoms with Crippen LogP contribution in [-0.4, -0.2) is 25.7 Å². The van der Waals surface area contributed by atoms with Crippen molar-refractivity contribution >= 4 is 17.2 Å². The van der Waals surface area contributed by atoms with Crippen LogP contribution in [0.2, 0.25) is 0 Å². The Kier molecular flexibility index (Phi) is 6.58. The van der Waals surface area contributed by atoms with Gasteiger partial charge in [-0.3, -0.25) is 0 Å². The van der Waals surface area contributed by atoms with Crippen LogP contribution >= 0.6 is 17.2 Å². The van der Waals surface area contributed by atoms with Gasteiger partial charge >= 0.3 is 0 Å². The van der Waals surface area contributed by atoms with E-state index in [4.69, 9.17) is 9.47 Å². The van der Waals surface area contributed by atoms with Gasteiger partial charge in [0.15, 0.2) is 0 Å². The Balaban J connectivity index is 1.68. The summed E-state index contributed by atoms with van der Waals surface area (Å²) < 4.78 is 12.5. The summed E-state index contributed by atoms with van der Waals surface area (Å²) in [6.45, 7) is 8.82. The smallest absolute Gasteiger partial charge is 0.203 e. The van der Waals surface area contributed by atoms with Crippen LogP contribution in [0.15, 0.2) is 24.3 Å². The normalized spacial score (nSPS) is 29.3. The minimum Gasteiger partial charge on any atom is -0.465 e. The van der Waals surface area contributed by atoms with Gasteiger partial charge < -0.3 is 9.47 Å². The monoisotopic (exact) mass is 366 g/mol. The van der Waals surface area contributed by atoms with Crippen LogP contribution in [0.3, 0.4) is 0 Å². The molecule has 0 amide bonds. The van der Waals surface area contributed by atoms with Gasteiger partial charge in [-0.1, -0.05) is 18.6 Å². The molecule has 0 heterocycles. The lowest BCUT2D eigenvalue weighted by atomic mass is 9.88. The molecule has 134 valence electrons. The molecule has 2 aliphatic rings. The molecule has 0 N–H and O–H groups in total. The van der Waals surface area contributed by atoms with Crippen molar-refractivity contribution in [1.82, 2.24) is 0 Å². The van der Waals surface area contributed by atoms with Crippen LogP contribution in [0.5, 0.6) is 5.75 Å². The van der Waals surface area contributed by atoms with Crippen molar-refractivity contribution in [1.29, 1.82) is 0 Å². The van der Waals surface area contributed by atoms with Gasteiger partial charge in [0, 0.05) is 11.3 Å². The van der Waals surface area contributed by atoms with Gasteiger partial charge in [-0.05, 0) is 76.0 Å². The average molecular weight is 366 g/mol. The predicted molar refractivity (Wildman–Crippen MR) is 107 cm³/mol. The summed E-state index contributed by atoms with van der Waals surface area (Å²) in [5, 5.41) is 0.715. The Morgan fingerprint density at radius 2 is 1.71 bits per heavy atom. The molecular formula is C20H32O2P2. The lowest BCUT2D eigenvalue weighted by molar-refractivity contribution is -0.149.